The summed E-state index contributed by atoms with van der Waals surface area (Å²) in [4.78, 5) is 3.32. The zero-order chi connectivity index (χ0) is 24.2. The van der Waals surface area contributed by atoms with Gasteiger partial charge in [0.1, 0.15) is 5.60 Å². The predicted octanol–water partition coefficient (Wildman–Crippen LogP) is 7.67. The van der Waals surface area contributed by atoms with Crippen LogP contribution in [0.15, 0.2) is 93.5 Å². The number of fused-ring (bicyclic) bond motifs is 5. The highest BCUT2D eigenvalue weighted by atomic mass is 32.2. The highest BCUT2D eigenvalue weighted by Gasteiger charge is 2.62. The Morgan fingerprint density at radius 2 is 1.34 bits per heavy atom. The molecule has 0 spiro atoms. The fourth-order valence-electron chi connectivity index (χ4n) is 6.55. The third kappa shape index (κ3) is 3.99. The van der Waals surface area contributed by atoms with Crippen molar-refractivity contribution in [3.63, 3.8) is 0 Å². The number of benzene rings is 3. The fourth-order valence-corrected chi connectivity index (χ4v) is 8.65. The van der Waals surface area contributed by atoms with Crippen LogP contribution in [0.3, 0.4) is 0 Å². The summed E-state index contributed by atoms with van der Waals surface area (Å²) in [5, 5.41) is 0. The van der Waals surface area contributed by atoms with Crippen molar-refractivity contribution in [1.29, 1.82) is 0 Å². The van der Waals surface area contributed by atoms with E-state index in [4.69, 9.17) is 9.47 Å². The summed E-state index contributed by atoms with van der Waals surface area (Å²) in [5.41, 5.74) is -0.476. The molecular formula is C31H34FO2S+. The average Bonchev–Trinajstić information content (AvgIpc) is 3.55. The summed E-state index contributed by atoms with van der Waals surface area (Å²) in [6, 6.07) is 26.4. The van der Waals surface area contributed by atoms with Gasteiger partial charge in [-0.2, -0.15) is 0 Å². The summed E-state index contributed by atoms with van der Waals surface area (Å²) in [6.45, 7) is 6.72. The molecule has 4 unspecified atom stereocenters. The van der Waals surface area contributed by atoms with Crippen LogP contribution in [0.1, 0.15) is 46.5 Å². The van der Waals surface area contributed by atoms with E-state index in [-0.39, 0.29) is 27.7 Å². The highest BCUT2D eigenvalue weighted by molar-refractivity contribution is 7.97. The van der Waals surface area contributed by atoms with Gasteiger partial charge in [-0.15, -0.1) is 0 Å². The number of hydrogen-bond donors (Lipinski definition) is 0. The van der Waals surface area contributed by atoms with Gasteiger partial charge in [0.2, 0.25) is 0 Å². The third-order valence-electron chi connectivity index (χ3n) is 8.49. The van der Waals surface area contributed by atoms with Crippen molar-refractivity contribution in [2.45, 2.75) is 78.9 Å². The molecule has 182 valence electrons. The Morgan fingerprint density at radius 3 is 1.83 bits per heavy atom. The van der Waals surface area contributed by atoms with E-state index in [1.54, 1.807) is 6.07 Å². The van der Waals surface area contributed by atoms with Crippen molar-refractivity contribution >= 4 is 10.9 Å². The molecule has 3 aromatic rings. The summed E-state index contributed by atoms with van der Waals surface area (Å²) in [7, 11) is -0.382. The molecule has 1 saturated carbocycles. The van der Waals surface area contributed by atoms with Crippen LogP contribution < -0.4 is 4.74 Å². The molecule has 4 heteroatoms. The minimum absolute atomic E-state index is 0.0970. The summed E-state index contributed by atoms with van der Waals surface area (Å²) in [6.07, 6.45) is 4.95. The van der Waals surface area contributed by atoms with Gasteiger partial charge in [-0.1, -0.05) is 57.2 Å². The standard InChI is InChI=1S/C31H34FO2S/c1-30(2,3)31(19-24-25(20-31)28-17-16-27(24)33-28)34-29-15-14-23(18-26(29)32)35(21-10-6-4-7-11-21)22-12-8-5-9-13-22/h4-15,18,24-25,27-28H,16-17,19-20H2,1-3H3/q+1. The maximum Gasteiger partial charge on any atom is 0.170 e. The second-order valence-corrected chi connectivity index (χ2v) is 13.4. The van der Waals surface area contributed by atoms with Crippen molar-refractivity contribution < 1.29 is 13.9 Å². The number of rotatable bonds is 5. The van der Waals surface area contributed by atoms with Crippen LogP contribution >= 0.6 is 0 Å². The molecule has 35 heavy (non-hydrogen) atoms. The van der Waals surface area contributed by atoms with Gasteiger partial charge in [0, 0.05) is 11.5 Å². The van der Waals surface area contributed by atoms with Crippen LogP contribution in [-0.2, 0) is 15.6 Å². The van der Waals surface area contributed by atoms with Crippen LogP contribution in [0.5, 0.6) is 5.75 Å². The zero-order valence-electron chi connectivity index (χ0n) is 20.7. The lowest BCUT2D eigenvalue weighted by molar-refractivity contribution is -0.0514. The molecule has 0 N–H and O–H groups in total. The molecular weight excluding hydrogens is 455 g/mol. The van der Waals surface area contributed by atoms with E-state index < -0.39 is 0 Å². The van der Waals surface area contributed by atoms with Gasteiger partial charge in [0.05, 0.1) is 23.1 Å². The van der Waals surface area contributed by atoms with Gasteiger partial charge < -0.3 is 9.47 Å². The SMILES string of the molecule is CC(C)(C)C1(Oc2ccc([S+](c3ccccc3)c3ccccc3)cc2F)CC2C3CCC(O3)C2C1. The fraction of sp³-hybridized carbons (Fsp3) is 0.419. The maximum absolute atomic E-state index is 15.8. The zero-order valence-corrected chi connectivity index (χ0v) is 21.6. The number of hydrogen-bond acceptors (Lipinski definition) is 2. The molecule has 4 atom stereocenters. The maximum atomic E-state index is 15.8. The van der Waals surface area contributed by atoms with E-state index in [9.17, 15) is 0 Å². The Labute approximate surface area is 211 Å². The Hall–Kier alpha value is -2.30. The minimum Gasteiger partial charge on any atom is -0.484 e. The van der Waals surface area contributed by atoms with E-state index in [0.717, 1.165) is 30.6 Å². The lowest BCUT2D eigenvalue weighted by Gasteiger charge is -2.43. The molecule has 0 amide bonds. The van der Waals surface area contributed by atoms with E-state index >= 15 is 4.39 Å². The second-order valence-electron chi connectivity index (χ2n) is 11.4. The van der Waals surface area contributed by atoms with Gasteiger partial charge in [-0.05, 0) is 73.9 Å². The second kappa shape index (κ2) is 8.67. The minimum atomic E-state index is -0.382. The van der Waals surface area contributed by atoms with E-state index in [1.807, 2.05) is 42.5 Å². The van der Waals surface area contributed by atoms with Crippen LogP contribution in [0.25, 0.3) is 0 Å². The molecule has 3 aromatic carbocycles. The molecule has 2 bridgehead atoms. The Kier molecular flexibility index (Phi) is 5.73. The van der Waals surface area contributed by atoms with Crippen LogP contribution in [-0.4, -0.2) is 17.8 Å². The normalized spacial score (nSPS) is 29.5. The van der Waals surface area contributed by atoms with Crippen LogP contribution in [0.4, 0.5) is 4.39 Å². The Morgan fingerprint density at radius 1 is 0.800 bits per heavy atom. The molecule has 3 fully saturated rings. The van der Waals surface area contributed by atoms with Crippen LogP contribution in [0.2, 0.25) is 0 Å². The summed E-state index contributed by atoms with van der Waals surface area (Å²) in [5.74, 6) is 1.18. The third-order valence-corrected chi connectivity index (χ3v) is 10.7. The first kappa shape index (κ1) is 23.1. The molecule has 6 rings (SSSR count). The molecule has 2 heterocycles. The lowest BCUT2D eigenvalue weighted by atomic mass is 9.74. The number of halogens is 1. The first-order valence-electron chi connectivity index (χ1n) is 12.8. The van der Waals surface area contributed by atoms with Crippen molar-refractivity contribution in [3.05, 3.63) is 84.7 Å². The molecule has 3 aliphatic rings. The average molecular weight is 490 g/mol. The smallest absolute Gasteiger partial charge is 0.170 e. The van der Waals surface area contributed by atoms with Gasteiger partial charge in [-0.3, -0.25) is 0 Å². The largest absolute Gasteiger partial charge is 0.484 e. The van der Waals surface area contributed by atoms with Gasteiger partial charge in [0.25, 0.3) is 0 Å². The van der Waals surface area contributed by atoms with Gasteiger partial charge >= 0.3 is 0 Å². The highest BCUT2D eigenvalue weighted by Crippen LogP contribution is 2.60. The lowest BCUT2D eigenvalue weighted by Crippen LogP contribution is -2.47. The summed E-state index contributed by atoms with van der Waals surface area (Å²) < 4.78 is 28.7. The van der Waals surface area contributed by atoms with Crippen LogP contribution in [0, 0.1) is 23.1 Å². The van der Waals surface area contributed by atoms with Gasteiger partial charge in [-0.25, -0.2) is 4.39 Å². The van der Waals surface area contributed by atoms with E-state index in [0.29, 0.717) is 29.8 Å². The molecule has 1 aliphatic carbocycles. The molecule has 0 radical (unpaired) electrons. The number of ether oxygens (including phenoxy) is 2. The molecule has 2 nitrogen and oxygen atoms in total. The monoisotopic (exact) mass is 489 g/mol. The summed E-state index contributed by atoms with van der Waals surface area (Å²) >= 11 is 0. The molecule has 2 aliphatic heterocycles. The van der Waals surface area contributed by atoms with E-state index in [1.165, 1.54) is 9.79 Å². The topological polar surface area (TPSA) is 18.5 Å². The van der Waals surface area contributed by atoms with Crippen molar-refractivity contribution in [1.82, 2.24) is 0 Å². The first-order chi connectivity index (χ1) is 16.8. The Balaban J connectivity index is 1.33. The Bertz CT molecular complexity index is 1130. The molecule has 0 aromatic heterocycles. The van der Waals surface area contributed by atoms with Gasteiger partial charge in [0.15, 0.2) is 26.3 Å². The quantitative estimate of drug-likeness (QED) is 0.342. The van der Waals surface area contributed by atoms with E-state index in [2.05, 4.69) is 51.1 Å². The van der Waals surface area contributed by atoms with Crippen molar-refractivity contribution in [2.75, 3.05) is 0 Å². The first-order valence-corrected chi connectivity index (χ1v) is 14.1. The molecule has 2 saturated heterocycles. The van der Waals surface area contributed by atoms with Crippen molar-refractivity contribution in [3.8, 4) is 5.75 Å². The predicted molar refractivity (Wildman–Crippen MR) is 138 cm³/mol. The van der Waals surface area contributed by atoms with Crippen molar-refractivity contribution in [2.24, 2.45) is 17.3 Å².